The van der Waals surface area contributed by atoms with Gasteiger partial charge in [-0.05, 0) is 51.4 Å². The molecule has 0 saturated heterocycles. The molecule has 0 rings (SSSR count). The minimum absolute atomic E-state index is 0.0184. The highest BCUT2D eigenvalue weighted by atomic mass is 16.5. The third kappa shape index (κ3) is 67.6. The van der Waals surface area contributed by atoms with Crippen LogP contribution in [0.1, 0.15) is 431 Å². The Bertz CT molecular complexity index is 1220. The molecule has 2 unspecified atom stereocenters. The maximum absolute atomic E-state index is 12.5. The first-order valence-corrected chi connectivity index (χ1v) is 37.4. The average molecular weight is 1140 g/mol. The van der Waals surface area contributed by atoms with Gasteiger partial charge in [0.2, 0.25) is 5.91 Å². The molecule has 0 spiro atoms. The molecule has 0 aromatic heterocycles. The lowest BCUT2D eigenvalue weighted by Crippen LogP contribution is -2.45. The fraction of sp³-hybridized carbons (Fsp3) is 0.947. The zero-order chi connectivity index (χ0) is 58.5. The number of allylic oxidation sites excluding steroid dienone is 2. The molecule has 0 radical (unpaired) electrons. The molecular weight excluding hydrogens is 995 g/mol. The number of esters is 1. The predicted molar refractivity (Wildman–Crippen MR) is 357 cm³/mol. The maximum Gasteiger partial charge on any atom is 0.305 e. The van der Waals surface area contributed by atoms with Gasteiger partial charge in [0, 0.05) is 12.8 Å². The number of ether oxygens (including phenoxy) is 1. The fourth-order valence-corrected chi connectivity index (χ4v) is 12.1. The minimum Gasteiger partial charge on any atom is -0.466 e. The summed E-state index contributed by atoms with van der Waals surface area (Å²) in [5.74, 6) is -0.00829. The van der Waals surface area contributed by atoms with Crippen LogP contribution in [0.5, 0.6) is 0 Å². The molecule has 6 nitrogen and oxygen atoms in total. The van der Waals surface area contributed by atoms with Crippen LogP contribution in [0.25, 0.3) is 0 Å². The van der Waals surface area contributed by atoms with E-state index in [0.717, 1.165) is 44.9 Å². The van der Waals surface area contributed by atoms with Crippen LogP contribution in [0.4, 0.5) is 0 Å². The monoisotopic (exact) mass is 1140 g/mol. The number of aliphatic hydroxyl groups excluding tert-OH is 2. The van der Waals surface area contributed by atoms with E-state index in [1.165, 1.54) is 353 Å². The summed E-state index contributed by atoms with van der Waals surface area (Å²) < 4.78 is 5.51. The smallest absolute Gasteiger partial charge is 0.305 e. The zero-order valence-electron chi connectivity index (χ0n) is 55.3. The lowest BCUT2D eigenvalue weighted by Gasteiger charge is -2.22. The Hall–Kier alpha value is -1.40. The Kier molecular flexibility index (Phi) is 69.9. The number of aliphatic hydroxyl groups is 2. The number of carbonyl (C=O) groups is 2. The van der Waals surface area contributed by atoms with Crippen LogP contribution in [-0.4, -0.2) is 47.4 Å². The van der Waals surface area contributed by atoms with Crippen molar-refractivity contribution in [1.82, 2.24) is 5.32 Å². The van der Waals surface area contributed by atoms with Gasteiger partial charge in [-0.2, -0.15) is 0 Å². The minimum atomic E-state index is -0.661. The Morgan fingerprint density at radius 3 is 0.877 bits per heavy atom. The summed E-state index contributed by atoms with van der Waals surface area (Å²) >= 11 is 0. The second-order valence-corrected chi connectivity index (χ2v) is 26.0. The standard InChI is InChI=1S/C75H147NO5/c1-3-5-7-9-11-13-15-17-19-36-41-45-49-53-57-61-65-69-75(80)81-70-66-62-58-54-50-46-42-38-35-33-31-29-27-25-23-21-22-24-26-28-30-32-34-37-40-44-48-52-56-60-64-68-74(79)76-72(71-77)73(78)67-63-59-55-51-47-43-39-20-18-16-14-12-10-8-6-4-2/h17,19,72-73,77-78H,3-16,18,20-71H2,1-2H3,(H,76,79)/b19-17-. The molecule has 81 heavy (non-hydrogen) atoms. The van der Waals surface area contributed by atoms with Gasteiger partial charge in [0.25, 0.3) is 0 Å². The molecule has 1 amide bonds. The molecule has 0 bridgehead atoms. The first kappa shape index (κ1) is 79.6. The molecule has 0 aliphatic heterocycles. The van der Waals surface area contributed by atoms with Gasteiger partial charge >= 0.3 is 5.97 Å². The molecule has 0 fully saturated rings. The van der Waals surface area contributed by atoms with Crippen molar-refractivity contribution in [3.8, 4) is 0 Å². The van der Waals surface area contributed by atoms with Crippen molar-refractivity contribution in [2.24, 2.45) is 0 Å². The summed E-state index contributed by atoms with van der Waals surface area (Å²) in [5.41, 5.74) is 0. The highest BCUT2D eigenvalue weighted by molar-refractivity contribution is 5.76. The van der Waals surface area contributed by atoms with E-state index in [0.29, 0.717) is 25.9 Å². The largest absolute Gasteiger partial charge is 0.466 e. The summed E-state index contributed by atoms with van der Waals surface area (Å²) in [4.78, 5) is 24.6. The average Bonchev–Trinajstić information content (AvgIpc) is 3.47. The topological polar surface area (TPSA) is 95.9 Å². The van der Waals surface area contributed by atoms with E-state index in [-0.39, 0.29) is 18.5 Å². The van der Waals surface area contributed by atoms with Crippen molar-refractivity contribution in [3.63, 3.8) is 0 Å². The lowest BCUT2D eigenvalue weighted by atomic mass is 10.0. The molecule has 0 heterocycles. The molecule has 2 atom stereocenters. The molecule has 0 aromatic carbocycles. The van der Waals surface area contributed by atoms with Crippen molar-refractivity contribution >= 4 is 11.9 Å². The Morgan fingerprint density at radius 1 is 0.333 bits per heavy atom. The van der Waals surface area contributed by atoms with E-state index < -0.39 is 12.1 Å². The molecule has 3 N–H and O–H groups in total. The van der Waals surface area contributed by atoms with Crippen LogP contribution >= 0.6 is 0 Å². The summed E-state index contributed by atoms with van der Waals surface area (Å²) in [5, 5.41) is 23.4. The van der Waals surface area contributed by atoms with Gasteiger partial charge in [0.05, 0.1) is 25.4 Å². The van der Waals surface area contributed by atoms with E-state index in [1.54, 1.807) is 0 Å². The SMILES string of the molecule is CCCCCCCC/C=C\CCCCCCCCCC(=O)OCCCCCCCCCCCCCCCCCCCCCCCCCCCCCCCCCC(=O)NC(CO)C(O)CCCCCCCCCCCCCCCCCC. The van der Waals surface area contributed by atoms with E-state index in [1.807, 2.05) is 0 Å². The summed E-state index contributed by atoms with van der Waals surface area (Å²) in [7, 11) is 0. The van der Waals surface area contributed by atoms with Crippen molar-refractivity contribution in [1.29, 1.82) is 0 Å². The first-order chi connectivity index (χ1) is 40.0. The second kappa shape index (κ2) is 71.1. The highest BCUT2D eigenvalue weighted by Gasteiger charge is 2.20. The van der Waals surface area contributed by atoms with Gasteiger partial charge < -0.3 is 20.3 Å². The zero-order valence-corrected chi connectivity index (χ0v) is 55.3. The van der Waals surface area contributed by atoms with Crippen LogP contribution in [0, 0.1) is 0 Å². The number of carbonyl (C=O) groups excluding carboxylic acids is 2. The number of amides is 1. The molecule has 6 heteroatoms. The van der Waals surface area contributed by atoms with Gasteiger partial charge in [-0.15, -0.1) is 0 Å². The van der Waals surface area contributed by atoms with Gasteiger partial charge in [-0.1, -0.05) is 379 Å². The van der Waals surface area contributed by atoms with E-state index in [4.69, 9.17) is 4.74 Å². The lowest BCUT2D eigenvalue weighted by molar-refractivity contribution is -0.143. The fourth-order valence-electron chi connectivity index (χ4n) is 12.1. The van der Waals surface area contributed by atoms with Gasteiger partial charge in [0.1, 0.15) is 0 Å². The van der Waals surface area contributed by atoms with Gasteiger partial charge in [0.15, 0.2) is 0 Å². The van der Waals surface area contributed by atoms with Gasteiger partial charge in [-0.25, -0.2) is 0 Å². The van der Waals surface area contributed by atoms with Crippen molar-refractivity contribution in [2.45, 2.75) is 443 Å². The normalized spacial score (nSPS) is 12.5. The second-order valence-electron chi connectivity index (χ2n) is 26.0. The van der Waals surface area contributed by atoms with Crippen LogP contribution in [-0.2, 0) is 14.3 Å². The van der Waals surface area contributed by atoms with E-state index >= 15 is 0 Å². The van der Waals surface area contributed by atoms with Crippen molar-refractivity contribution in [3.05, 3.63) is 12.2 Å². The molecule has 0 saturated carbocycles. The molecule has 0 aromatic rings. The molecule has 482 valence electrons. The van der Waals surface area contributed by atoms with Crippen molar-refractivity contribution < 1.29 is 24.5 Å². The number of nitrogens with one attached hydrogen (secondary N) is 1. The van der Waals surface area contributed by atoms with Crippen molar-refractivity contribution in [2.75, 3.05) is 13.2 Å². The molecule has 0 aliphatic carbocycles. The summed E-state index contributed by atoms with van der Waals surface area (Å²) in [6.07, 6.45) is 88.5. The maximum atomic E-state index is 12.5. The first-order valence-electron chi connectivity index (χ1n) is 37.4. The Labute approximate surface area is 508 Å². The number of rotatable bonds is 71. The van der Waals surface area contributed by atoms with Gasteiger partial charge in [-0.3, -0.25) is 9.59 Å². The van der Waals surface area contributed by atoms with Crippen LogP contribution in [0.3, 0.4) is 0 Å². The Morgan fingerprint density at radius 2 is 0.580 bits per heavy atom. The van der Waals surface area contributed by atoms with Crippen LogP contribution < -0.4 is 5.32 Å². The summed E-state index contributed by atoms with van der Waals surface area (Å²) in [6.45, 7) is 4.99. The third-order valence-electron chi connectivity index (χ3n) is 17.8. The Balaban J connectivity index is 3.31. The highest BCUT2D eigenvalue weighted by Crippen LogP contribution is 2.20. The number of hydrogen-bond donors (Lipinski definition) is 3. The molecular formula is C75H147NO5. The van der Waals surface area contributed by atoms with E-state index in [9.17, 15) is 19.8 Å². The number of hydrogen-bond acceptors (Lipinski definition) is 5. The van der Waals surface area contributed by atoms with E-state index in [2.05, 4.69) is 31.3 Å². The third-order valence-corrected chi connectivity index (χ3v) is 17.8. The van der Waals surface area contributed by atoms with Crippen LogP contribution in [0.2, 0.25) is 0 Å². The molecule has 0 aliphatic rings. The number of unbranched alkanes of at least 4 members (excludes halogenated alkanes) is 58. The summed E-state index contributed by atoms with van der Waals surface area (Å²) in [6, 6.07) is -0.537. The van der Waals surface area contributed by atoms with Crippen LogP contribution in [0.15, 0.2) is 12.2 Å². The predicted octanol–water partition coefficient (Wildman–Crippen LogP) is 24.3. The quantitative estimate of drug-likeness (QED) is 0.0320.